The molecule has 1 saturated heterocycles. The Hall–Kier alpha value is -2.51. The van der Waals surface area contributed by atoms with Crippen molar-refractivity contribution in [3.63, 3.8) is 0 Å². The molecule has 7 heteroatoms. The summed E-state index contributed by atoms with van der Waals surface area (Å²) in [7, 11) is 0. The van der Waals surface area contributed by atoms with E-state index in [1.807, 2.05) is 6.07 Å². The van der Waals surface area contributed by atoms with Crippen molar-refractivity contribution in [3.8, 4) is 11.1 Å². The molecule has 4 atom stereocenters. The molecule has 2 bridgehead atoms. The lowest BCUT2D eigenvalue weighted by Crippen LogP contribution is -2.43. The highest BCUT2D eigenvalue weighted by atomic mass is 19.1. The Bertz CT molecular complexity index is 1050. The van der Waals surface area contributed by atoms with Gasteiger partial charge in [0, 0.05) is 42.9 Å². The van der Waals surface area contributed by atoms with E-state index < -0.39 is 5.92 Å². The van der Waals surface area contributed by atoms with Crippen molar-refractivity contribution in [2.24, 2.45) is 17.8 Å². The van der Waals surface area contributed by atoms with Gasteiger partial charge in [-0.1, -0.05) is 31.4 Å². The first-order chi connectivity index (χ1) is 15.6. The van der Waals surface area contributed by atoms with Crippen LogP contribution < -0.4 is 16.2 Å². The van der Waals surface area contributed by atoms with Crippen molar-refractivity contribution in [2.45, 2.75) is 50.7 Å². The first kappa shape index (κ1) is 21.3. The zero-order valence-electron chi connectivity index (χ0n) is 18.1. The molecular weight excluding hydrogens is 409 g/mol. The Labute approximate surface area is 186 Å². The summed E-state index contributed by atoms with van der Waals surface area (Å²) in [6.07, 6.45) is 6.04. The lowest BCUT2D eigenvalue weighted by molar-refractivity contribution is -0.127. The monoisotopic (exact) mass is 439 g/mol. The molecule has 1 aromatic heterocycles. The second-order valence-corrected chi connectivity index (χ2v) is 9.47. The van der Waals surface area contributed by atoms with Gasteiger partial charge in [-0.25, -0.2) is 4.39 Å². The summed E-state index contributed by atoms with van der Waals surface area (Å²) >= 11 is 0. The number of nitrogens with zero attached hydrogens (tertiary/aromatic N) is 1. The number of nitrogens with one attached hydrogen (secondary N) is 2. The Morgan fingerprint density at radius 2 is 1.88 bits per heavy atom. The van der Waals surface area contributed by atoms with E-state index in [1.165, 1.54) is 31.4 Å². The molecule has 0 radical (unpaired) electrons. The highest BCUT2D eigenvalue weighted by molar-refractivity contribution is 5.80. The molecule has 3 heterocycles. The fraction of sp³-hybridized carbons (Fsp3) is 0.520. The predicted molar refractivity (Wildman–Crippen MR) is 119 cm³/mol. The third-order valence-electron chi connectivity index (χ3n) is 7.60. The van der Waals surface area contributed by atoms with Crippen LogP contribution in [0.15, 0.2) is 41.2 Å². The second-order valence-electron chi connectivity index (χ2n) is 9.47. The first-order valence-electron chi connectivity index (χ1n) is 11.7. The van der Waals surface area contributed by atoms with E-state index in [-0.39, 0.29) is 41.9 Å². The molecule has 2 aliphatic heterocycles. The van der Waals surface area contributed by atoms with Crippen LogP contribution in [0.5, 0.6) is 0 Å². The molecule has 0 spiro atoms. The number of hydrogen-bond acceptors (Lipinski definition) is 4. The van der Waals surface area contributed by atoms with Crippen LogP contribution in [0.25, 0.3) is 11.1 Å². The fourth-order valence-electron chi connectivity index (χ4n) is 5.85. The third kappa shape index (κ3) is 3.77. The molecular formula is C25H30FN3O3. The van der Waals surface area contributed by atoms with Gasteiger partial charge >= 0.3 is 0 Å². The number of aromatic nitrogens is 1. The molecule has 5 rings (SSSR count). The van der Waals surface area contributed by atoms with Gasteiger partial charge in [0.05, 0.1) is 12.0 Å². The van der Waals surface area contributed by atoms with Crippen molar-refractivity contribution in [2.75, 3.05) is 13.2 Å². The van der Waals surface area contributed by atoms with Gasteiger partial charge in [-0.3, -0.25) is 9.59 Å². The largest absolute Gasteiger partial charge is 0.396 e. The van der Waals surface area contributed by atoms with Crippen LogP contribution in [0, 0.1) is 23.6 Å². The first-order valence-corrected chi connectivity index (χ1v) is 11.7. The zero-order valence-corrected chi connectivity index (χ0v) is 18.1. The van der Waals surface area contributed by atoms with Gasteiger partial charge in [0.1, 0.15) is 5.82 Å². The molecule has 1 saturated carbocycles. The quantitative estimate of drug-likeness (QED) is 0.669. The van der Waals surface area contributed by atoms with Gasteiger partial charge in [-0.05, 0) is 48.6 Å². The molecule has 0 unspecified atom stereocenters. The van der Waals surface area contributed by atoms with E-state index in [2.05, 4.69) is 10.6 Å². The molecule has 3 aliphatic rings. The molecule has 1 amide bonds. The number of aliphatic hydroxyl groups is 1. The SMILES string of the molecule is O=C(NCC1CCCCC1)[C@H]1[C@H](CO)[C@H]2Cn3c(ccc(-c4ccc(F)cc4)c3=O)[C@@H]1N2. The van der Waals surface area contributed by atoms with Crippen molar-refractivity contribution in [3.05, 3.63) is 58.3 Å². The number of aliphatic hydroxyl groups excluding tert-OH is 1. The second kappa shape index (κ2) is 8.79. The van der Waals surface area contributed by atoms with Crippen LogP contribution in [0.3, 0.4) is 0 Å². The summed E-state index contributed by atoms with van der Waals surface area (Å²) in [5, 5.41) is 16.7. The van der Waals surface area contributed by atoms with E-state index in [0.717, 1.165) is 18.5 Å². The minimum Gasteiger partial charge on any atom is -0.396 e. The summed E-state index contributed by atoms with van der Waals surface area (Å²) < 4.78 is 15.0. The van der Waals surface area contributed by atoms with E-state index in [1.54, 1.807) is 22.8 Å². The topological polar surface area (TPSA) is 83.4 Å². The maximum atomic E-state index is 13.3. The highest BCUT2D eigenvalue weighted by Gasteiger charge is 2.50. The molecule has 1 aromatic carbocycles. The minimum absolute atomic E-state index is 0.0434. The lowest BCUT2D eigenvalue weighted by atomic mass is 9.85. The average Bonchev–Trinajstić information content (AvgIpc) is 3.12. The Kier molecular flexibility index (Phi) is 5.86. The Balaban J connectivity index is 1.42. The Morgan fingerprint density at radius 3 is 2.59 bits per heavy atom. The maximum absolute atomic E-state index is 13.3. The van der Waals surface area contributed by atoms with Crippen LogP contribution >= 0.6 is 0 Å². The number of pyridine rings is 1. The molecule has 2 fully saturated rings. The van der Waals surface area contributed by atoms with Gasteiger partial charge in [0.15, 0.2) is 0 Å². The minimum atomic E-state index is -0.418. The number of benzene rings is 1. The predicted octanol–water partition coefficient (Wildman–Crippen LogP) is 2.60. The van der Waals surface area contributed by atoms with E-state index in [4.69, 9.17) is 0 Å². The van der Waals surface area contributed by atoms with Crippen LogP contribution in [0.1, 0.15) is 43.8 Å². The van der Waals surface area contributed by atoms with Gasteiger partial charge in [-0.15, -0.1) is 0 Å². The molecule has 6 nitrogen and oxygen atoms in total. The van der Waals surface area contributed by atoms with Crippen LogP contribution in [0.4, 0.5) is 4.39 Å². The molecule has 170 valence electrons. The van der Waals surface area contributed by atoms with E-state index in [0.29, 0.717) is 30.1 Å². The number of carbonyl (C=O) groups excluding carboxylic acids is 1. The molecule has 2 aromatic rings. The Morgan fingerprint density at radius 1 is 1.12 bits per heavy atom. The zero-order chi connectivity index (χ0) is 22.2. The van der Waals surface area contributed by atoms with Gasteiger partial charge in [0.25, 0.3) is 5.56 Å². The van der Waals surface area contributed by atoms with Gasteiger partial charge in [0.2, 0.25) is 5.91 Å². The van der Waals surface area contributed by atoms with Crippen LogP contribution in [0.2, 0.25) is 0 Å². The molecule has 3 N–H and O–H groups in total. The summed E-state index contributed by atoms with van der Waals surface area (Å²) in [6, 6.07) is 9.08. The average molecular weight is 440 g/mol. The van der Waals surface area contributed by atoms with Crippen LogP contribution in [-0.4, -0.2) is 34.8 Å². The number of hydrogen-bond donors (Lipinski definition) is 3. The molecule has 32 heavy (non-hydrogen) atoms. The van der Waals surface area contributed by atoms with Crippen molar-refractivity contribution >= 4 is 5.91 Å². The summed E-state index contributed by atoms with van der Waals surface area (Å²) in [6.45, 7) is 0.974. The standard InChI is InChI=1S/C25H30FN3O3/c26-17-8-6-16(7-9-17)18-10-11-21-23-22(24(31)27-12-15-4-2-1-3-5-15)19(14-30)20(28-23)13-29(21)25(18)32/h6-11,15,19-20,22-23,28,30H,1-5,12-14H2,(H,27,31)/t19-,20-,22+,23+/m1/s1. The number of halogens is 1. The van der Waals surface area contributed by atoms with Crippen molar-refractivity contribution in [1.82, 2.24) is 15.2 Å². The van der Waals surface area contributed by atoms with Crippen molar-refractivity contribution < 1.29 is 14.3 Å². The highest BCUT2D eigenvalue weighted by Crippen LogP contribution is 2.41. The third-order valence-corrected chi connectivity index (χ3v) is 7.60. The van der Waals surface area contributed by atoms with Gasteiger partial charge < -0.3 is 20.3 Å². The van der Waals surface area contributed by atoms with E-state index >= 15 is 0 Å². The number of amides is 1. The smallest absolute Gasteiger partial charge is 0.258 e. The summed E-state index contributed by atoms with van der Waals surface area (Å²) in [5.74, 6) is -0.527. The van der Waals surface area contributed by atoms with Crippen molar-refractivity contribution in [1.29, 1.82) is 0 Å². The number of carbonyl (C=O) groups is 1. The number of fused-ring (bicyclic) bond motifs is 4. The van der Waals surface area contributed by atoms with E-state index in [9.17, 15) is 19.1 Å². The summed E-state index contributed by atoms with van der Waals surface area (Å²) in [5.41, 5.74) is 1.79. The fourth-order valence-corrected chi connectivity index (χ4v) is 5.85. The normalized spacial score (nSPS) is 27.2. The maximum Gasteiger partial charge on any atom is 0.258 e. The number of rotatable bonds is 5. The summed E-state index contributed by atoms with van der Waals surface area (Å²) in [4.78, 5) is 26.5. The lowest BCUT2D eigenvalue weighted by Gasteiger charge is -2.28. The molecule has 1 aliphatic carbocycles. The van der Waals surface area contributed by atoms with Gasteiger partial charge in [-0.2, -0.15) is 0 Å². The van der Waals surface area contributed by atoms with Crippen LogP contribution in [-0.2, 0) is 11.3 Å².